The molecule has 3 aromatic carbocycles. The summed E-state index contributed by atoms with van der Waals surface area (Å²) in [6.45, 7) is 6.11. The Morgan fingerprint density at radius 1 is 1.02 bits per heavy atom. The van der Waals surface area contributed by atoms with E-state index in [-0.39, 0.29) is 31.9 Å². The lowest BCUT2D eigenvalue weighted by molar-refractivity contribution is -0.137. The maximum absolute atomic E-state index is 13.6. The number of hydrogen-bond donors (Lipinski definition) is 1. The largest absolute Gasteiger partial charge is 0.490 e. The van der Waals surface area contributed by atoms with Gasteiger partial charge in [-0.2, -0.15) is 5.26 Å². The molecule has 0 radical (unpaired) electrons. The van der Waals surface area contributed by atoms with Gasteiger partial charge in [-0.1, -0.05) is 30.3 Å². The van der Waals surface area contributed by atoms with Crippen LogP contribution in [0.2, 0.25) is 0 Å². The highest BCUT2D eigenvalue weighted by Gasteiger charge is 2.28. The molecule has 2 heterocycles. The second-order valence-corrected chi connectivity index (χ2v) is 12.2. The molecule has 12 nitrogen and oxygen atoms in total. The zero-order chi connectivity index (χ0) is 33.6. The van der Waals surface area contributed by atoms with Crippen molar-refractivity contribution in [3.63, 3.8) is 0 Å². The molecule has 0 atom stereocenters. The number of carboxylic acids is 1. The number of likely N-dealkylation sites (tertiary alicyclic amines) is 1. The number of carbonyl (C=O) groups excluding carboxylic acids is 2. The summed E-state index contributed by atoms with van der Waals surface area (Å²) in [6, 6.07) is 23.1. The molecule has 244 valence electrons. The Kier molecular flexibility index (Phi) is 9.94. The van der Waals surface area contributed by atoms with Crippen molar-refractivity contribution >= 4 is 34.9 Å². The van der Waals surface area contributed by atoms with Gasteiger partial charge in [0, 0.05) is 31.6 Å². The Morgan fingerprint density at radius 3 is 2.36 bits per heavy atom. The predicted molar refractivity (Wildman–Crippen MR) is 173 cm³/mol. The van der Waals surface area contributed by atoms with Gasteiger partial charge < -0.3 is 28.8 Å². The van der Waals surface area contributed by atoms with Crippen molar-refractivity contribution in [1.82, 2.24) is 14.5 Å². The van der Waals surface area contributed by atoms with E-state index in [1.54, 1.807) is 47.4 Å². The number of anilines is 1. The van der Waals surface area contributed by atoms with Crippen molar-refractivity contribution < 1.29 is 33.7 Å². The zero-order valence-corrected chi connectivity index (χ0v) is 26.6. The van der Waals surface area contributed by atoms with Gasteiger partial charge in [-0.3, -0.25) is 9.69 Å². The maximum Gasteiger partial charge on any atom is 0.415 e. The van der Waals surface area contributed by atoms with Gasteiger partial charge in [-0.05, 0) is 68.8 Å². The normalized spacial score (nSPS) is 13.5. The molecule has 1 fully saturated rings. The number of carbonyl (C=O) groups is 3. The molecule has 0 bridgehead atoms. The van der Waals surface area contributed by atoms with Crippen molar-refractivity contribution in [3.05, 3.63) is 89.7 Å². The van der Waals surface area contributed by atoms with Crippen molar-refractivity contribution in [3.8, 4) is 11.8 Å². The predicted octanol–water partition coefficient (Wildman–Crippen LogP) is 6.11. The van der Waals surface area contributed by atoms with Crippen LogP contribution in [0.4, 0.5) is 15.3 Å². The van der Waals surface area contributed by atoms with Gasteiger partial charge in [0.25, 0.3) is 0 Å². The van der Waals surface area contributed by atoms with Crippen LogP contribution in [-0.2, 0) is 34.0 Å². The number of nitriles is 1. The van der Waals surface area contributed by atoms with E-state index in [0.29, 0.717) is 59.8 Å². The molecule has 1 N–H and O–H groups in total. The fourth-order valence-electron chi connectivity index (χ4n) is 5.26. The third-order valence-electron chi connectivity index (χ3n) is 7.52. The Hall–Kier alpha value is -5.57. The fraction of sp³-hybridized carbons (Fsp3) is 0.343. The van der Waals surface area contributed by atoms with Crippen LogP contribution in [0.25, 0.3) is 11.0 Å². The molecule has 1 aromatic heterocycles. The van der Waals surface area contributed by atoms with Crippen LogP contribution in [0.5, 0.6) is 5.75 Å². The molecule has 4 aromatic rings. The van der Waals surface area contributed by atoms with Gasteiger partial charge in [0.05, 0.1) is 29.2 Å². The number of hydrogen-bond acceptors (Lipinski definition) is 8. The van der Waals surface area contributed by atoms with Crippen LogP contribution in [0.3, 0.4) is 0 Å². The second-order valence-electron chi connectivity index (χ2n) is 12.2. The molecule has 0 unspecified atom stereocenters. The number of nitrogens with zero attached hydrogens (tertiary/aromatic N) is 5. The molecule has 0 saturated carbocycles. The smallest absolute Gasteiger partial charge is 0.415 e. The summed E-state index contributed by atoms with van der Waals surface area (Å²) in [5.41, 5.74) is 2.10. The van der Waals surface area contributed by atoms with Gasteiger partial charge in [0.15, 0.2) is 0 Å². The lowest BCUT2D eigenvalue weighted by Crippen LogP contribution is -2.44. The molecule has 12 heteroatoms. The minimum atomic E-state index is -1.08. The van der Waals surface area contributed by atoms with Crippen LogP contribution in [-0.4, -0.2) is 62.5 Å². The molecular weight excluding hydrogens is 602 g/mol. The molecule has 1 aliphatic rings. The highest BCUT2D eigenvalue weighted by Crippen LogP contribution is 2.27. The number of imidazole rings is 1. The van der Waals surface area contributed by atoms with Gasteiger partial charge in [0.2, 0.25) is 0 Å². The molecule has 0 aliphatic carbocycles. The van der Waals surface area contributed by atoms with Crippen molar-refractivity contribution in [2.45, 2.75) is 65.0 Å². The first kappa shape index (κ1) is 32.8. The minimum Gasteiger partial charge on any atom is -0.490 e. The number of aliphatic carboxylic acids is 1. The van der Waals surface area contributed by atoms with E-state index in [1.807, 2.05) is 51.1 Å². The minimum absolute atomic E-state index is 0.0381. The van der Waals surface area contributed by atoms with E-state index in [9.17, 15) is 24.8 Å². The van der Waals surface area contributed by atoms with E-state index in [4.69, 9.17) is 14.2 Å². The van der Waals surface area contributed by atoms with E-state index in [2.05, 4.69) is 11.1 Å². The number of ether oxygens (including phenoxy) is 3. The average Bonchev–Trinajstić information content (AvgIpc) is 3.38. The first-order valence-corrected chi connectivity index (χ1v) is 15.3. The highest BCUT2D eigenvalue weighted by atomic mass is 16.6. The van der Waals surface area contributed by atoms with E-state index in [1.165, 1.54) is 9.47 Å². The van der Waals surface area contributed by atoms with Gasteiger partial charge in [-0.25, -0.2) is 14.6 Å². The van der Waals surface area contributed by atoms with Crippen LogP contribution in [0, 0.1) is 11.3 Å². The monoisotopic (exact) mass is 639 g/mol. The average molecular weight is 640 g/mol. The van der Waals surface area contributed by atoms with Gasteiger partial charge in [0.1, 0.15) is 36.4 Å². The van der Waals surface area contributed by atoms with Gasteiger partial charge >= 0.3 is 18.2 Å². The molecule has 47 heavy (non-hydrogen) atoms. The van der Waals surface area contributed by atoms with E-state index in [0.717, 1.165) is 5.56 Å². The van der Waals surface area contributed by atoms with Gasteiger partial charge in [-0.15, -0.1) is 0 Å². The summed E-state index contributed by atoms with van der Waals surface area (Å²) in [5.74, 6) is -0.165. The first-order valence-electron chi connectivity index (χ1n) is 15.3. The number of carboxylic acid groups (broad SMARTS) is 1. The molecule has 1 aliphatic heterocycles. The third kappa shape index (κ3) is 8.58. The number of aromatic nitrogens is 2. The summed E-state index contributed by atoms with van der Waals surface area (Å²) >= 11 is 0. The maximum atomic E-state index is 13.6. The summed E-state index contributed by atoms with van der Waals surface area (Å²) in [7, 11) is 0. The van der Waals surface area contributed by atoms with Crippen LogP contribution in [0.1, 0.15) is 50.6 Å². The summed E-state index contributed by atoms with van der Waals surface area (Å²) in [5, 5.41) is 19.0. The number of fused-ring (bicyclic) bond motifs is 1. The van der Waals surface area contributed by atoms with Crippen LogP contribution >= 0.6 is 0 Å². The zero-order valence-electron chi connectivity index (χ0n) is 26.6. The van der Waals surface area contributed by atoms with Crippen molar-refractivity contribution in [2.75, 3.05) is 18.0 Å². The number of benzene rings is 3. The molecule has 0 spiro atoms. The number of piperidine rings is 1. The highest BCUT2D eigenvalue weighted by molar-refractivity contribution is 5.88. The standard InChI is InChI=1S/C35H37N5O7/c1-35(2,3)47-33(43)38-17-15-28(16-18-38)46-27-12-10-26(11-13-27)39(34(44)45-23-24-7-5-4-6-8-24)21-31-37-29-19-25(20-36)9-14-30(29)40(31)22-32(41)42/h4-14,19,28H,15-18,21-23H2,1-3H3,(H,41,42). The SMILES string of the molecule is CC(C)(C)OC(=O)N1CCC(Oc2ccc(N(Cc3nc4cc(C#N)ccc4n3CC(=O)O)C(=O)OCc3ccccc3)cc2)CC1. The Morgan fingerprint density at radius 2 is 1.72 bits per heavy atom. The van der Waals surface area contributed by atoms with E-state index < -0.39 is 17.7 Å². The summed E-state index contributed by atoms with van der Waals surface area (Å²) in [4.78, 5) is 45.5. The van der Waals surface area contributed by atoms with Crippen molar-refractivity contribution in [1.29, 1.82) is 5.26 Å². The third-order valence-corrected chi connectivity index (χ3v) is 7.52. The molecular formula is C35H37N5O7. The summed E-state index contributed by atoms with van der Waals surface area (Å²) < 4.78 is 18.9. The second kappa shape index (κ2) is 14.2. The Bertz CT molecular complexity index is 1770. The van der Waals surface area contributed by atoms with Crippen molar-refractivity contribution in [2.24, 2.45) is 0 Å². The van der Waals surface area contributed by atoms with Crippen LogP contribution in [0.15, 0.2) is 72.8 Å². The molecule has 1 saturated heterocycles. The fourth-order valence-corrected chi connectivity index (χ4v) is 5.26. The molecule has 5 rings (SSSR count). The first-order chi connectivity index (χ1) is 22.5. The topological polar surface area (TPSA) is 147 Å². The number of amides is 2. The number of rotatable bonds is 9. The lowest BCUT2D eigenvalue weighted by Gasteiger charge is -2.33. The molecule has 2 amide bonds. The summed E-state index contributed by atoms with van der Waals surface area (Å²) in [6.07, 6.45) is 0.213. The van der Waals surface area contributed by atoms with E-state index >= 15 is 0 Å². The Labute approximate surface area is 272 Å². The lowest BCUT2D eigenvalue weighted by atomic mass is 10.1. The Balaban J connectivity index is 1.34. The van der Waals surface area contributed by atoms with Crippen LogP contribution < -0.4 is 9.64 Å². The quantitative estimate of drug-likeness (QED) is 0.229.